The van der Waals surface area contributed by atoms with E-state index in [-0.39, 0.29) is 6.54 Å². The minimum atomic E-state index is -4.41. The molecule has 0 amide bonds. The van der Waals surface area contributed by atoms with Gasteiger partial charge in [-0.1, -0.05) is 17.4 Å². The molecule has 4 rings (SSSR count). The number of aromatic nitrogens is 3. The molecule has 0 saturated heterocycles. The first-order valence-corrected chi connectivity index (χ1v) is 9.76. The van der Waals surface area contributed by atoms with E-state index in [1.807, 2.05) is 0 Å². The van der Waals surface area contributed by atoms with Crippen LogP contribution in [0, 0.1) is 0 Å². The van der Waals surface area contributed by atoms with Crippen molar-refractivity contribution in [3.8, 4) is 0 Å². The summed E-state index contributed by atoms with van der Waals surface area (Å²) in [6.45, 7) is -0.564. The van der Waals surface area contributed by atoms with Crippen molar-refractivity contribution in [3.63, 3.8) is 0 Å². The molecule has 6 nitrogen and oxygen atoms in total. The highest BCUT2D eigenvalue weighted by Gasteiger charge is 2.30. The van der Waals surface area contributed by atoms with E-state index in [1.165, 1.54) is 6.07 Å². The molecule has 1 unspecified atom stereocenters. The number of thiazole rings is 1. The predicted octanol–water partition coefficient (Wildman–Crippen LogP) is 4.50. The summed E-state index contributed by atoms with van der Waals surface area (Å²) in [7, 11) is 1.78. The first kappa shape index (κ1) is 20.5. The third-order valence-corrected chi connectivity index (χ3v) is 5.52. The molecule has 4 aromatic rings. The van der Waals surface area contributed by atoms with Crippen LogP contribution in [0.15, 0.2) is 36.4 Å². The summed E-state index contributed by atoms with van der Waals surface area (Å²) < 4.78 is 53.2. The number of aliphatic hydroxyl groups is 1. The molecule has 0 aliphatic rings. The van der Waals surface area contributed by atoms with Crippen LogP contribution >= 0.6 is 11.3 Å². The molecule has 11 heteroatoms. The zero-order valence-electron chi connectivity index (χ0n) is 15.7. The largest absolute Gasteiger partial charge is 0.416 e. The Morgan fingerprint density at radius 3 is 2.67 bits per heavy atom. The quantitative estimate of drug-likeness (QED) is 0.305. The van der Waals surface area contributed by atoms with Gasteiger partial charge >= 0.3 is 6.18 Å². The number of aryl methyl sites for hydroxylation is 1. The second-order valence-corrected chi connectivity index (χ2v) is 7.64. The molecule has 0 bridgehead atoms. The summed E-state index contributed by atoms with van der Waals surface area (Å²) in [5.74, 6) is 0.448. The molecule has 0 saturated carbocycles. The van der Waals surface area contributed by atoms with Gasteiger partial charge in [-0.05, 0) is 35.9 Å². The number of benzene rings is 2. The van der Waals surface area contributed by atoms with E-state index in [1.54, 1.807) is 29.8 Å². The number of nitrogens with zero attached hydrogens (tertiary/aromatic N) is 3. The number of halogens is 4. The van der Waals surface area contributed by atoms with Gasteiger partial charge in [0.05, 0.1) is 26.8 Å². The number of imidazole rings is 1. The van der Waals surface area contributed by atoms with Gasteiger partial charge in [-0.15, -0.1) is 0 Å². The number of alkyl halides is 4. The SMILES string of the molecule is Cn1c(Nc2nc3ccc(C(F)(F)F)cc3s2)nc2cc(C(O)NCCF)ccc21. The molecular weight excluding hydrogens is 422 g/mol. The topological polar surface area (TPSA) is 75.0 Å². The number of rotatable bonds is 6. The summed E-state index contributed by atoms with van der Waals surface area (Å²) in [4.78, 5) is 8.81. The summed E-state index contributed by atoms with van der Waals surface area (Å²) in [5.41, 5.74) is 1.65. The molecule has 2 aromatic carbocycles. The lowest BCUT2D eigenvalue weighted by Crippen LogP contribution is -2.22. The van der Waals surface area contributed by atoms with Crippen molar-refractivity contribution >= 4 is 43.7 Å². The molecule has 3 N–H and O–H groups in total. The first-order valence-electron chi connectivity index (χ1n) is 8.95. The van der Waals surface area contributed by atoms with E-state index in [0.717, 1.165) is 29.0 Å². The fourth-order valence-corrected chi connectivity index (χ4v) is 3.96. The smallest absolute Gasteiger partial charge is 0.374 e. The molecular formula is C19H17F4N5OS. The van der Waals surface area contributed by atoms with E-state index < -0.39 is 24.6 Å². The van der Waals surface area contributed by atoms with Gasteiger partial charge in [0.15, 0.2) is 5.13 Å². The Hall–Kier alpha value is -2.76. The lowest BCUT2D eigenvalue weighted by atomic mass is 10.1. The molecule has 0 aliphatic heterocycles. The summed E-state index contributed by atoms with van der Waals surface area (Å²) in [5, 5.41) is 16.2. The Kier molecular flexibility index (Phi) is 5.35. The van der Waals surface area contributed by atoms with E-state index in [9.17, 15) is 22.7 Å². The van der Waals surface area contributed by atoms with Gasteiger partial charge < -0.3 is 15.0 Å². The summed E-state index contributed by atoms with van der Waals surface area (Å²) >= 11 is 1.10. The average Bonchev–Trinajstić information content (AvgIpc) is 3.25. The molecule has 0 aliphatic carbocycles. The number of nitrogens with one attached hydrogen (secondary N) is 2. The van der Waals surface area contributed by atoms with Crippen molar-refractivity contribution in [2.45, 2.75) is 12.4 Å². The Balaban J connectivity index is 1.62. The maximum Gasteiger partial charge on any atom is 0.416 e. The van der Waals surface area contributed by atoms with Crippen LogP contribution in [0.4, 0.5) is 28.6 Å². The molecule has 2 heterocycles. The van der Waals surface area contributed by atoms with Gasteiger partial charge in [-0.25, -0.2) is 14.4 Å². The second kappa shape index (κ2) is 7.82. The molecule has 30 heavy (non-hydrogen) atoms. The van der Waals surface area contributed by atoms with Gasteiger partial charge in [-0.3, -0.25) is 5.32 Å². The maximum atomic E-state index is 12.9. The number of hydrogen-bond acceptors (Lipinski definition) is 6. The van der Waals surface area contributed by atoms with Crippen LogP contribution in [0.5, 0.6) is 0 Å². The minimum Gasteiger partial charge on any atom is -0.374 e. The van der Waals surface area contributed by atoms with E-state index >= 15 is 0 Å². The zero-order valence-corrected chi connectivity index (χ0v) is 16.5. The van der Waals surface area contributed by atoms with Crippen molar-refractivity contribution in [2.24, 2.45) is 7.05 Å². The molecule has 2 aromatic heterocycles. The maximum absolute atomic E-state index is 12.9. The minimum absolute atomic E-state index is 0.0297. The predicted molar refractivity (Wildman–Crippen MR) is 108 cm³/mol. The fraction of sp³-hybridized carbons (Fsp3) is 0.263. The van der Waals surface area contributed by atoms with E-state index in [0.29, 0.717) is 32.4 Å². The Labute approximate surface area is 172 Å². The standard InChI is InChI=1S/C19H17F4N5OS/c1-28-14-5-2-10(16(29)24-7-6-20)8-13(14)25-17(28)27-18-26-12-4-3-11(19(21,22)23)9-15(12)30-18/h2-5,8-9,16,24,29H,6-7H2,1H3,(H,25,26,27). The van der Waals surface area contributed by atoms with Crippen LogP contribution in [0.25, 0.3) is 21.3 Å². The van der Waals surface area contributed by atoms with Crippen LogP contribution in [0.1, 0.15) is 17.4 Å². The Bertz CT molecular complexity index is 1200. The molecule has 1 atom stereocenters. The average molecular weight is 439 g/mol. The van der Waals surface area contributed by atoms with Crippen LogP contribution in [0.2, 0.25) is 0 Å². The normalized spacial score (nSPS) is 13.3. The molecule has 0 radical (unpaired) electrons. The highest BCUT2D eigenvalue weighted by atomic mass is 32.1. The van der Waals surface area contributed by atoms with E-state index in [4.69, 9.17) is 0 Å². The van der Waals surface area contributed by atoms with Crippen LogP contribution < -0.4 is 10.6 Å². The van der Waals surface area contributed by atoms with Crippen molar-refractivity contribution in [1.29, 1.82) is 0 Å². The lowest BCUT2D eigenvalue weighted by molar-refractivity contribution is -0.137. The van der Waals surface area contributed by atoms with Crippen molar-refractivity contribution in [1.82, 2.24) is 19.9 Å². The molecule has 0 fully saturated rings. The first-order chi connectivity index (χ1) is 14.3. The van der Waals surface area contributed by atoms with Crippen molar-refractivity contribution in [3.05, 3.63) is 47.5 Å². The lowest BCUT2D eigenvalue weighted by Gasteiger charge is -2.11. The van der Waals surface area contributed by atoms with Gasteiger partial charge in [0, 0.05) is 13.6 Å². The zero-order chi connectivity index (χ0) is 21.5. The summed E-state index contributed by atoms with van der Waals surface area (Å²) in [6.07, 6.45) is -5.43. The van der Waals surface area contributed by atoms with Crippen LogP contribution in [-0.2, 0) is 13.2 Å². The van der Waals surface area contributed by atoms with Crippen molar-refractivity contribution in [2.75, 3.05) is 18.5 Å². The third-order valence-electron chi connectivity index (χ3n) is 4.59. The monoisotopic (exact) mass is 439 g/mol. The highest BCUT2D eigenvalue weighted by molar-refractivity contribution is 7.22. The highest BCUT2D eigenvalue weighted by Crippen LogP contribution is 2.35. The van der Waals surface area contributed by atoms with Crippen LogP contribution in [-0.4, -0.2) is 32.9 Å². The van der Waals surface area contributed by atoms with Gasteiger partial charge in [0.25, 0.3) is 0 Å². The van der Waals surface area contributed by atoms with Gasteiger partial charge in [0.1, 0.15) is 12.9 Å². The Morgan fingerprint density at radius 1 is 1.13 bits per heavy atom. The van der Waals surface area contributed by atoms with Crippen LogP contribution in [0.3, 0.4) is 0 Å². The second-order valence-electron chi connectivity index (χ2n) is 6.61. The third kappa shape index (κ3) is 3.95. The number of hydrogen-bond donors (Lipinski definition) is 3. The fourth-order valence-electron chi connectivity index (χ4n) is 3.06. The summed E-state index contributed by atoms with van der Waals surface area (Å²) in [6, 6.07) is 8.59. The Morgan fingerprint density at radius 2 is 1.93 bits per heavy atom. The molecule has 0 spiro atoms. The van der Waals surface area contributed by atoms with Gasteiger partial charge in [0.2, 0.25) is 5.95 Å². The van der Waals surface area contributed by atoms with Crippen molar-refractivity contribution < 1.29 is 22.7 Å². The molecule has 158 valence electrons. The number of anilines is 2. The number of aliphatic hydroxyl groups excluding tert-OH is 1. The van der Waals surface area contributed by atoms with E-state index in [2.05, 4.69) is 20.6 Å². The van der Waals surface area contributed by atoms with Gasteiger partial charge in [-0.2, -0.15) is 13.2 Å². The number of fused-ring (bicyclic) bond motifs is 2.